The molecule has 1 N–H and O–H groups in total. The van der Waals surface area contributed by atoms with Gasteiger partial charge in [0.15, 0.2) is 5.78 Å². The Balaban J connectivity index is 2.27. The van der Waals surface area contributed by atoms with Gasteiger partial charge in [-0.05, 0) is 25.8 Å². The van der Waals surface area contributed by atoms with Crippen LogP contribution in [0.3, 0.4) is 0 Å². The molecule has 1 fully saturated rings. The second kappa shape index (κ2) is 4.96. The summed E-state index contributed by atoms with van der Waals surface area (Å²) in [5.41, 5.74) is 0.379. The molecule has 17 heavy (non-hydrogen) atoms. The van der Waals surface area contributed by atoms with Crippen molar-refractivity contribution in [2.24, 2.45) is 12.5 Å². The number of hydrogen-bond donors (Lipinski definition) is 1. The van der Waals surface area contributed by atoms with Crippen LogP contribution in [-0.2, 0) is 7.05 Å². The Morgan fingerprint density at radius 1 is 1.65 bits per heavy atom. The number of aryl methyl sites for hydroxylation is 1. The summed E-state index contributed by atoms with van der Waals surface area (Å²) in [6, 6.07) is 0. The summed E-state index contributed by atoms with van der Waals surface area (Å²) in [5.74, 6) is 0.194. The molecule has 5 heteroatoms. The van der Waals surface area contributed by atoms with Crippen LogP contribution in [0.2, 0.25) is 0 Å². The first-order chi connectivity index (χ1) is 8.19. The Morgan fingerprint density at radius 2 is 2.47 bits per heavy atom. The molecule has 1 aromatic heterocycles. The minimum Gasteiger partial charge on any atom is -0.316 e. The highest BCUT2D eigenvalue weighted by Crippen LogP contribution is 2.34. The molecule has 2 heterocycles. The third-order valence-electron chi connectivity index (χ3n) is 3.63. The Hall–Kier alpha value is -1.23. The van der Waals surface area contributed by atoms with E-state index in [9.17, 15) is 4.79 Å². The van der Waals surface area contributed by atoms with E-state index in [0.717, 1.165) is 38.8 Å². The summed E-state index contributed by atoms with van der Waals surface area (Å²) < 4.78 is 1.58. The van der Waals surface area contributed by atoms with E-state index in [2.05, 4.69) is 22.6 Å². The van der Waals surface area contributed by atoms with Crippen LogP contribution in [0.5, 0.6) is 0 Å². The monoisotopic (exact) mass is 236 g/mol. The van der Waals surface area contributed by atoms with E-state index in [1.165, 1.54) is 0 Å². The van der Waals surface area contributed by atoms with Crippen LogP contribution < -0.4 is 5.32 Å². The average Bonchev–Trinajstić information content (AvgIpc) is 2.76. The number of nitrogens with one attached hydrogen (secondary N) is 1. The van der Waals surface area contributed by atoms with Crippen LogP contribution >= 0.6 is 0 Å². The topological polar surface area (TPSA) is 59.8 Å². The van der Waals surface area contributed by atoms with E-state index in [1.54, 1.807) is 17.9 Å². The maximum Gasteiger partial charge on any atom is 0.189 e. The highest BCUT2D eigenvalue weighted by Gasteiger charge is 2.40. The van der Waals surface area contributed by atoms with Gasteiger partial charge in [-0.25, -0.2) is 4.68 Å². The van der Waals surface area contributed by atoms with Crippen LogP contribution in [0.1, 0.15) is 43.1 Å². The van der Waals surface area contributed by atoms with Gasteiger partial charge >= 0.3 is 0 Å². The number of rotatable bonds is 4. The lowest BCUT2D eigenvalue weighted by atomic mass is 9.72. The predicted octanol–water partition coefficient (Wildman–Crippen LogP) is 1.17. The molecule has 1 aromatic rings. The van der Waals surface area contributed by atoms with Gasteiger partial charge in [0.25, 0.3) is 0 Å². The molecule has 1 atom stereocenters. The van der Waals surface area contributed by atoms with Crippen molar-refractivity contribution < 1.29 is 4.79 Å². The molecular formula is C12H20N4O. The average molecular weight is 236 g/mol. The van der Waals surface area contributed by atoms with Crippen LogP contribution in [0, 0.1) is 5.41 Å². The van der Waals surface area contributed by atoms with Gasteiger partial charge in [-0.1, -0.05) is 18.6 Å². The third-order valence-corrected chi connectivity index (χ3v) is 3.63. The molecule has 1 unspecified atom stereocenters. The molecule has 0 spiro atoms. The van der Waals surface area contributed by atoms with Crippen LogP contribution in [0.15, 0.2) is 6.20 Å². The molecule has 1 saturated heterocycles. The summed E-state index contributed by atoms with van der Waals surface area (Å²) in [6.45, 7) is 3.93. The molecule has 1 aliphatic rings. The maximum absolute atomic E-state index is 12.7. The number of ketones is 1. The molecule has 1 aliphatic heterocycles. The SMILES string of the molecule is CCCC1(C(=O)c2cnnn2C)CCCNC1. The van der Waals surface area contributed by atoms with E-state index in [0.29, 0.717) is 5.69 Å². The van der Waals surface area contributed by atoms with E-state index in [1.807, 2.05) is 0 Å². The molecule has 94 valence electrons. The smallest absolute Gasteiger partial charge is 0.189 e. The number of hydrogen-bond acceptors (Lipinski definition) is 4. The van der Waals surface area contributed by atoms with Crippen molar-refractivity contribution in [2.45, 2.75) is 32.6 Å². The summed E-state index contributed by atoms with van der Waals surface area (Å²) >= 11 is 0. The Bertz CT molecular complexity index is 387. The fourth-order valence-corrected chi connectivity index (χ4v) is 2.73. The van der Waals surface area contributed by atoms with Gasteiger partial charge in [0, 0.05) is 19.0 Å². The van der Waals surface area contributed by atoms with Gasteiger partial charge in [0.05, 0.1) is 6.20 Å². The van der Waals surface area contributed by atoms with Crippen molar-refractivity contribution in [2.75, 3.05) is 13.1 Å². The van der Waals surface area contributed by atoms with Crippen molar-refractivity contribution in [3.63, 3.8) is 0 Å². The number of piperidine rings is 1. The second-order valence-corrected chi connectivity index (χ2v) is 4.88. The number of Topliss-reactive ketones (excluding diaryl/α,β-unsaturated/α-hetero) is 1. The largest absolute Gasteiger partial charge is 0.316 e. The lowest BCUT2D eigenvalue weighted by Gasteiger charge is -2.36. The third kappa shape index (κ3) is 2.24. The quantitative estimate of drug-likeness (QED) is 0.797. The number of nitrogens with zero attached hydrogens (tertiary/aromatic N) is 3. The molecule has 0 bridgehead atoms. The van der Waals surface area contributed by atoms with Crippen molar-refractivity contribution in [1.82, 2.24) is 20.3 Å². The Kier molecular flexibility index (Phi) is 3.57. The van der Waals surface area contributed by atoms with Gasteiger partial charge in [0.2, 0.25) is 0 Å². The van der Waals surface area contributed by atoms with Gasteiger partial charge in [0.1, 0.15) is 5.69 Å². The zero-order chi connectivity index (χ0) is 12.3. The zero-order valence-corrected chi connectivity index (χ0v) is 10.6. The predicted molar refractivity (Wildman–Crippen MR) is 64.8 cm³/mol. The Labute approximate surface area is 102 Å². The summed E-state index contributed by atoms with van der Waals surface area (Å²) in [4.78, 5) is 12.7. The van der Waals surface area contributed by atoms with Crippen LogP contribution in [-0.4, -0.2) is 33.9 Å². The van der Waals surface area contributed by atoms with E-state index in [4.69, 9.17) is 0 Å². The van der Waals surface area contributed by atoms with Gasteiger partial charge in [-0.2, -0.15) is 0 Å². The van der Waals surface area contributed by atoms with Gasteiger partial charge in [-0.15, -0.1) is 5.10 Å². The number of carbonyl (C=O) groups is 1. The van der Waals surface area contributed by atoms with E-state index >= 15 is 0 Å². The first-order valence-electron chi connectivity index (χ1n) is 6.30. The summed E-state index contributed by atoms with van der Waals surface area (Å²) in [5, 5.41) is 11.0. The van der Waals surface area contributed by atoms with E-state index < -0.39 is 0 Å². The summed E-state index contributed by atoms with van der Waals surface area (Å²) in [7, 11) is 1.77. The molecular weight excluding hydrogens is 216 g/mol. The number of aromatic nitrogens is 3. The standard InChI is InChI=1S/C12H20N4O/c1-3-5-12(6-4-7-13-9-12)11(17)10-8-14-15-16(10)2/h8,13H,3-7,9H2,1-2H3. The molecule has 0 aliphatic carbocycles. The van der Waals surface area contributed by atoms with Crippen molar-refractivity contribution in [3.8, 4) is 0 Å². The molecule has 0 aromatic carbocycles. The maximum atomic E-state index is 12.7. The van der Waals surface area contributed by atoms with Crippen molar-refractivity contribution >= 4 is 5.78 Å². The lowest BCUT2D eigenvalue weighted by Crippen LogP contribution is -2.46. The normalized spacial score (nSPS) is 24.8. The molecule has 5 nitrogen and oxygen atoms in total. The van der Waals surface area contributed by atoms with Gasteiger partial charge in [-0.3, -0.25) is 4.79 Å². The Morgan fingerprint density at radius 3 is 3.00 bits per heavy atom. The fraction of sp³-hybridized carbons (Fsp3) is 0.750. The zero-order valence-electron chi connectivity index (χ0n) is 10.6. The van der Waals surface area contributed by atoms with Crippen LogP contribution in [0.25, 0.3) is 0 Å². The van der Waals surface area contributed by atoms with Crippen LogP contribution in [0.4, 0.5) is 0 Å². The molecule has 0 radical (unpaired) electrons. The summed E-state index contributed by atoms with van der Waals surface area (Å²) in [6.07, 6.45) is 5.58. The lowest BCUT2D eigenvalue weighted by molar-refractivity contribution is 0.0707. The molecule has 0 amide bonds. The highest BCUT2D eigenvalue weighted by atomic mass is 16.1. The molecule has 2 rings (SSSR count). The fourth-order valence-electron chi connectivity index (χ4n) is 2.73. The minimum absolute atomic E-state index is 0.194. The van der Waals surface area contributed by atoms with Crippen molar-refractivity contribution in [1.29, 1.82) is 0 Å². The number of carbonyl (C=O) groups excluding carboxylic acids is 1. The first-order valence-corrected chi connectivity index (χ1v) is 6.30. The van der Waals surface area contributed by atoms with Crippen molar-refractivity contribution in [3.05, 3.63) is 11.9 Å². The first kappa shape index (κ1) is 12.2. The second-order valence-electron chi connectivity index (χ2n) is 4.88. The van der Waals surface area contributed by atoms with Gasteiger partial charge < -0.3 is 5.32 Å². The van der Waals surface area contributed by atoms with E-state index in [-0.39, 0.29) is 11.2 Å². The minimum atomic E-state index is -0.248. The highest BCUT2D eigenvalue weighted by molar-refractivity contribution is 5.99. The molecule has 0 saturated carbocycles.